The van der Waals surface area contributed by atoms with Crippen LogP contribution in [0.5, 0.6) is 0 Å². The fourth-order valence-corrected chi connectivity index (χ4v) is 2.38. The van der Waals surface area contributed by atoms with Crippen LogP contribution in [-0.4, -0.2) is 34.6 Å². The van der Waals surface area contributed by atoms with E-state index in [2.05, 4.69) is 21.9 Å². The lowest BCUT2D eigenvalue weighted by Crippen LogP contribution is -2.11. The summed E-state index contributed by atoms with van der Waals surface area (Å²) in [6.45, 7) is 2.98. The number of hydrogen-bond acceptors (Lipinski definition) is 4. The fraction of sp³-hybridized carbons (Fsp3) is 0.278. The number of carbonyl (C=O) groups is 1. The maximum atomic E-state index is 13.1. The Labute approximate surface area is 153 Å². The number of primary amides is 1. The molecule has 0 aliphatic rings. The van der Waals surface area contributed by atoms with Crippen molar-refractivity contribution < 1.29 is 22.7 Å². The SMILES string of the molecule is CCCOC.NC(=O)c1ccnc2nc(-c3ccccc3C(F)(F)F)[nH]c12. The van der Waals surface area contributed by atoms with Crippen molar-refractivity contribution in [3.05, 3.63) is 47.7 Å². The monoisotopic (exact) mass is 380 g/mol. The summed E-state index contributed by atoms with van der Waals surface area (Å²) in [7, 11) is 1.71. The van der Waals surface area contributed by atoms with E-state index in [9.17, 15) is 18.0 Å². The number of aromatic amines is 1. The number of halogens is 3. The minimum Gasteiger partial charge on any atom is -0.385 e. The van der Waals surface area contributed by atoms with Crippen LogP contribution in [0.25, 0.3) is 22.6 Å². The van der Waals surface area contributed by atoms with Gasteiger partial charge in [0, 0.05) is 25.5 Å². The van der Waals surface area contributed by atoms with Crippen molar-refractivity contribution in [1.82, 2.24) is 15.0 Å². The Bertz CT molecular complexity index is 920. The van der Waals surface area contributed by atoms with Crippen molar-refractivity contribution >= 4 is 17.1 Å². The molecule has 3 N–H and O–H groups in total. The summed E-state index contributed by atoms with van der Waals surface area (Å²) in [5.74, 6) is -0.740. The third-order valence-electron chi connectivity index (χ3n) is 3.55. The average Bonchev–Trinajstić information content (AvgIpc) is 3.06. The highest BCUT2D eigenvalue weighted by Crippen LogP contribution is 2.36. The molecule has 2 aromatic heterocycles. The molecule has 27 heavy (non-hydrogen) atoms. The summed E-state index contributed by atoms with van der Waals surface area (Å²) in [6, 6.07) is 6.40. The van der Waals surface area contributed by atoms with Gasteiger partial charge in [0.15, 0.2) is 5.65 Å². The van der Waals surface area contributed by atoms with Gasteiger partial charge >= 0.3 is 6.18 Å². The molecule has 0 unspecified atom stereocenters. The van der Waals surface area contributed by atoms with Crippen molar-refractivity contribution in [3.63, 3.8) is 0 Å². The third-order valence-corrected chi connectivity index (χ3v) is 3.55. The predicted octanol–water partition coefficient (Wildman–Crippen LogP) is 3.79. The number of nitrogens with one attached hydrogen (secondary N) is 1. The molecule has 0 spiro atoms. The molecule has 1 amide bonds. The van der Waals surface area contributed by atoms with Crippen molar-refractivity contribution in [2.45, 2.75) is 19.5 Å². The number of carbonyl (C=O) groups excluding carboxylic acids is 1. The van der Waals surface area contributed by atoms with Gasteiger partial charge < -0.3 is 15.5 Å². The lowest BCUT2D eigenvalue weighted by Gasteiger charge is -2.10. The van der Waals surface area contributed by atoms with Crippen LogP contribution in [0, 0.1) is 0 Å². The number of nitrogens with two attached hydrogens (primary N) is 1. The highest BCUT2D eigenvalue weighted by atomic mass is 19.4. The second kappa shape index (κ2) is 8.63. The number of alkyl halides is 3. The van der Waals surface area contributed by atoms with Crippen LogP contribution in [0.3, 0.4) is 0 Å². The molecular weight excluding hydrogens is 361 g/mol. The molecule has 0 bridgehead atoms. The van der Waals surface area contributed by atoms with Gasteiger partial charge in [0.2, 0.25) is 0 Å². The van der Waals surface area contributed by atoms with Gasteiger partial charge in [-0.3, -0.25) is 4.79 Å². The van der Waals surface area contributed by atoms with Gasteiger partial charge in [0.25, 0.3) is 5.91 Å². The van der Waals surface area contributed by atoms with Crippen molar-refractivity contribution in [1.29, 1.82) is 0 Å². The fourth-order valence-electron chi connectivity index (χ4n) is 2.38. The Morgan fingerprint density at radius 2 is 1.96 bits per heavy atom. The van der Waals surface area contributed by atoms with E-state index < -0.39 is 17.6 Å². The Morgan fingerprint density at radius 1 is 1.26 bits per heavy atom. The number of fused-ring (bicyclic) bond motifs is 1. The minimum atomic E-state index is -4.52. The molecular formula is C18H19F3N4O2. The van der Waals surface area contributed by atoms with Crippen molar-refractivity contribution in [3.8, 4) is 11.4 Å². The number of methoxy groups -OCH3 is 1. The zero-order valence-electron chi connectivity index (χ0n) is 14.8. The maximum Gasteiger partial charge on any atom is 0.417 e. The first kappa shape index (κ1) is 20.4. The molecule has 9 heteroatoms. The van der Waals surface area contributed by atoms with E-state index in [0.717, 1.165) is 19.1 Å². The molecule has 3 rings (SSSR count). The Morgan fingerprint density at radius 3 is 2.52 bits per heavy atom. The number of ether oxygens (including phenoxy) is 1. The van der Waals surface area contributed by atoms with Gasteiger partial charge in [0.1, 0.15) is 5.82 Å². The van der Waals surface area contributed by atoms with E-state index in [4.69, 9.17) is 10.5 Å². The number of imidazole rings is 1. The quantitative estimate of drug-likeness (QED) is 0.720. The normalized spacial score (nSPS) is 11.1. The van der Waals surface area contributed by atoms with Gasteiger partial charge in [-0.15, -0.1) is 0 Å². The number of H-pyrrole nitrogens is 1. The highest BCUT2D eigenvalue weighted by molar-refractivity contribution is 6.03. The molecule has 0 saturated carbocycles. The number of rotatable bonds is 4. The van der Waals surface area contributed by atoms with E-state index in [1.807, 2.05) is 0 Å². The largest absolute Gasteiger partial charge is 0.417 e. The highest BCUT2D eigenvalue weighted by Gasteiger charge is 2.34. The van der Waals surface area contributed by atoms with Crippen LogP contribution < -0.4 is 5.73 Å². The molecule has 0 aliphatic carbocycles. The summed E-state index contributed by atoms with van der Waals surface area (Å²) in [5, 5.41) is 0. The molecule has 0 fully saturated rings. The van der Waals surface area contributed by atoms with Crippen LogP contribution in [0.2, 0.25) is 0 Å². The Kier molecular flexibility index (Phi) is 6.51. The summed E-state index contributed by atoms with van der Waals surface area (Å²) >= 11 is 0. The first-order valence-electron chi connectivity index (χ1n) is 8.09. The summed E-state index contributed by atoms with van der Waals surface area (Å²) in [6.07, 6.45) is -2.07. The number of hydrogen-bond donors (Lipinski definition) is 2. The zero-order chi connectivity index (χ0) is 20.0. The number of aromatic nitrogens is 3. The molecule has 1 aromatic carbocycles. The molecule has 6 nitrogen and oxygen atoms in total. The summed E-state index contributed by atoms with van der Waals surface area (Å²) in [5.41, 5.74) is 4.74. The second-order valence-corrected chi connectivity index (χ2v) is 5.54. The van der Waals surface area contributed by atoms with Gasteiger partial charge in [-0.1, -0.05) is 25.1 Å². The lowest BCUT2D eigenvalue weighted by molar-refractivity contribution is -0.137. The average molecular weight is 380 g/mol. The number of pyridine rings is 1. The summed E-state index contributed by atoms with van der Waals surface area (Å²) < 4.78 is 43.9. The van der Waals surface area contributed by atoms with Gasteiger partial charge in [-0.25, -0.2) is 9.97 Å². The predicted molar refractivity (Wildman–Crippen MR) is 95.0 cm³/mol. The van der Waals surface area contributed by atoms with Crippen molar-refractivity contribution in [2.24, 2.45) is 5.73 Å². The Balaban J connectivity index is 0.000000465. The van der Waals surface area contributed by atoms with Crippen LogP contribution in [0.15, 0.2) is 36.5 Å². The van der Waals surface area contributed by atoms with E-state index >= 15 is 0 Å². The van der Waals surface area contributed by atoms with Crippen molar-refractivity contribution in [2.75, 3.05) is 13.7 Å². The van der Waals surface area contributed by atoms with Gasteiger partial charge in [-0.05, 0) is 18.6 Å². The number of benzene rings is 1. The van der Waals surface area contributed by atoms with Gasteiger partial charge in [-0.2, -0.15) is 13.2 Å². The standard InChI is InChI=1S/C14H9F3N4O.C4H10O/c15-14(16,17)9-4-2-1-3-7(9)12-20-10-8(11(18)22)5-6-19-13(10)21-12;1-3-4-5-2/h1-6H,(H2,18,22)(H,19,20,21);3-4H2,1-2H3. The molecule has 0 radical (unpaired) electrons. The topological polar surface area (TPSA) is 93.9 Å². The molecule has 144 valence electrons. The van der Waals surface area contributed by atoms with Crippen LogP contribution in [-0.2, 0) is 10.9 Å². The van der Waals surface area contributed by atoms with E-state index in [1.165, 1.54) is 30.5 Å². The molecule has 0 aliphatic heterocycles. The minimum absolute atomic E-state index is 0.0240. The van der Waals surface area contributed by atoms with Gasteiger partial charge in [0.05, 0.1) is 16.6 Å². The molecule has 3 aromatic rings. The number of amides is 1. The zero-order valence-corrected chi connectivity index (χ0v) is 14.8. The summed E-state index contributed by atoms with van der Waals surface area (Å²) in [4.78, 5) is 22.0. The van der Waals surface area contributed by atoms with Crippen LogP contribution in [0.4, 0.5) is 13.2 Å². The second-order valence-electron chi connectivity index (χ2n) is 5.54. The van der Waals surface area contributed by atoms with E-state index in [-0.39, 0.29) is 28.1 Å². The number of nitrogens with zero attached hydrogens (tertiary/aromatic N) is 2. The lowest BCUT2D eigenvalue weighted by atomic mass is 10.1. The maximum absolute atomic E-state index is 13.1. The van der Waals surface area contributed by atoms with E-state index in [1.54, 1.807) is 7.11 Å². The molecule has 0 saturated heterocycles. The van der Waals surface area contributed by atoms with E-state index in [0.29, 0.717) is 0 Å². The molecule has 2 heterocycles. The third kappa shape index (κ3) is 4.82. The van der Waals surface area contributed by atoms with Crippen LogP contribution >= 0.6 is 0 Å². The Hall–Kier alpha value is -2.94. The smallest absolute Gasteiger partial charge is 0.385 e. The van der Waals surface area contributed by atoms with Crippen LogP contribution in [0.1, 0.15) is 29.3 Å². The molecule has 0 atom stereocenters. The first-order valence-corrected chi connectivity index (χ1v) is 8.09. The first-order chi connectivity index (χ1) is 12.8.